The van der Waals surface area contributed by atoms with Gasteiger partial charge in [-0.15, -0.1) is 0 Å². The summed E-state index contributed by atoms with van der Waals surface area (Å²) in [6, 6.07) is 8.15. The van der Waals surface area contributed by atoms with Crippen molar-refractivity contribution in [3.8, 4) is 0 Å². The maximum absolute atomic E-state index is 14.3. The first-order chi connectivity index (χ1) is 18.2. The van der Waals surface area contributed by atoms with Gasteiger partial charge in [0.2, 0.25) is 0 Å². The van der Waals surface area contributed by atoms with Crippen LogP contribution in [0.5, 0.6) is 0 Å². The van der Waals surface area contributed by atoms with E-state index in [-0.39, 0.29) is 37.0 Å². The third-order valence-corrected chi connectivity index (χ3v) is 10.6. The van der Waals surface area contributed by atoms with Crippen molar-refractivity contribution in [2.24, 2.45) is 16.7 Å². The van der Waals surface area contributed by atoms with Crippen LogP contribution in [-0.4, -0.2) is 86.0 Å². The van der Waals surface area contributed by atoms with Crippen LogP contribution >= 0.6 is 0 Å². The maximum atomic E-state index is 14.3. The quantitative estimate of drug-likeness (QED) is 0.318. The van der Waals surface area contributed by atoms with Crippen molar-refractivity contribution in [3.05, 3.63) is 47.0 Å². The monoisotopic (exact) mass is 542 g/mol. The van der Waals surface area contributed by atoms with Gasteiger partial charge in [0.1, 0.15) is 17.8 Å². The molecule has 6 aliphatic rings. The Labute approximate surface area is 225 Å². The standard InChI is InChI=1S/C29H34O10/c1-14-17(31)11-29(36)25(3)12-28(29,39-23(35)16-8-6-5-7-9-16)24-26(4,22(34)21(33)20(14)25)18(32)10-19-27(24,13-37-19)38-15(2)30/h5-9,17-19,21,24,31-33,36H,10-13H2,1-4H3/t17-,18-,19+,21+,24-,25+,26-,27-,28+,29-/m0/s1. The molecule has 4 bridgehead atoms. The van der Waals surface area contributed by atoms with Gasteiger partial charge in [-0.25, -0.2) is 4.79 Å². The highest BCUT2D eigenvalue weighted by atomic mass is 16.6. The van der Waals surface area contributed by atoms with Crippen LogP contribution in [0.3, 0.4) is 0 Å². The molecule has 10 heteroatoms. The Morgan fingerprint density at radius 1 is 1.08 bits per heavy atom. The SMILES string of the molecule is CC(=O)O[C@@]12CO[C@@H]1C[C@H](O)[C@@]1(C)C(=O)[C@H](O)C3=C(C)[C@@H](O)C[C@]4(O)[C@]3(C)C[C@@]4(OC(=O)c3ccccc3)[C@H]21. The largest absolute Gasteiger partial charge is 0.453 e. The summed E-state index contributed by atoms with van der Waals surface area (Å²) in [5.41, 5.74) is -7.79. The summed E-state index contributed by atoms with van der Waals surface area (Å²) in [5, 5.41) is 46.9. The zero-order chi connectivity index (χ0) is 28.3. The Hall–Kier alpha value is -2.63. The van der Waals surface area contributed by atoms with Crippen molar-refractivity contribution < 1.29 is 49.0 Å². The Morgan fingerprint density at radius 2 is 1.74 bits per heavy atom. The summed E-state index contributed by atoms with van der Waals surface area (Å²) >= 11 is 0. The first-order valence-corrected chi connectivity index (χ1v) is 13.3. The van der Waals surface area contributed by atoms with Crippen LogP contribution in [0, 0.1) is 16.7 Å². The zero-order valence-corrected chi connectivity index (χ0v) is 22.3. The topological polar surface area (TPSA) is 160 Å². The van der Waals surface area contributed by atoms with E-state index >= 15 is 0 Å². The molecule has 4 N–H and O–H groups in total. The Bertz CT molecular complexity index is 1310. The summed E-state index contributed by atoms with van der Waals surface area (Å²) in [5.74, 6) is -3.51. The van der Waals surface area contributed by atoms with Crippen LogP contribution in [0.1, 0.15) is 57.3 Å². The predicted octanol–water partition coefficient (Wildman–Crippen LogP) is 0.836. The summed E-state index contributed by atoms with van der Waals surface area (Å²) in [6.07, 6.45) is -5.59. The highest BCUT2D eigenvalue weighted by Gasteiger charge is 2.88. The lowest BCUT2D eigenvalue weighted by Crippen LogP contribution is -2.91. The number of hydrogen-bond acceptors (Lipinski definition) is 10. The van der Waals surface area contributed by atoms with Crippen molar-refractivity contribution in [2.45, 2.75) is 88.2 Å². The number of rotatable bonds is 3. The van der Waals surface area contributed by atoms with E-state index in [1.165, 1.54) is 13.8 Å². The average molecular weight is 543 g/mol. The number of ketones is 1. The zero-order valence-electron chi connectivity index (χ0n) is 22.3. The first kappa shape index (κ1) is 26.6. The predicted molar refractivity (Wildman–Crippen MR) is 133 cm³/mol. The number of carbonyl (C=O) groups is 3. The molecule has 10 nitrogen and oxygen atoms in total. The summed E-state index contributed by atoms with van der Waals surface area (Å²) in [6.45, 7) is 5.81. The molecule has 5 fully saturated rings. The Morgan fingerprint density at radius 3 is 2.33 bits per heavy atom. The highest BCUT2D eigenvalue weighted by Crippen LogP contribution is 2.76. The molecule has 0 aromatic heterocycles. The number of hydrogen-bond donors (Lipinski definition) is 4. The van der Waals surface area contributed by atoms with E-state index in [1.807, 2.05) is 0 Å². The van der Waals surface area contributed by atoms with Gasteiger partial charge in [-0.3, -0.25) is 9.59 Å². The average Bonchev–Trinajstić information content (AvgIpc) is 2.87. The number of esters is 2. The molecule has 0 unspecified atom stereocenters. The molecule has 0 amide bonds. The van der Waals surface area contributed by atoms with Crippen LogP contribution in [0.4, 0.5) is 0 Å². The van der Waals surface area contributed by atoms with Gasteiger partial charge in [-0.2, -0.15) is 0 Å². The van der Waals surface area contributed by atoms with Gasteiger partial charge in [-0.1, -0.05) is 25.1 Å². The van der Waals surface area contributed by atoms with Gasteiger partial charge in [0.25, 0.3) is 0 Å². The molecule has 0 radical (unpaired) electrons. The van der Waals surface area contributed by atoms with E-state index < -0.39 is 75.7 Å². The second-order valence-electron chi connectivity index (χ2n) is 12.4. The first-order valence-electron chi connectivity index (χ1n) is 13.3. The normalized spacial score (nSPS) is 47.9. The van der Waals surface area contributed by atoms with Gasteiger partial charge in [0, 0.05) is 31.6 Å². The molecular weight excluding hydrogens is 508 g/mol. The lowest BCUT2D eigenvalue weighted by molar-refractivity contribution is -0.403. The minimum absolute atomic E-state index is 0.0402. The van der Waals surface area contributed by atoms with Gasteiger partial charge >= 0.3 is 11.9 Å². The highest BCUT2D eigenvalue weighted by molar-refractivity contribution is 5.95. The lowest BCUT2D eigenvalue weighted by Gasteiger charge is -2.77. The molecule has 39 heavy (non-hydrogen) atoms. The fraction of sp³-hybridized carbons (Fsp3) is 0.621. The third-order valence-electron chi connectivity index (χ3n) is 10.6. The molecule has 1 saturated heterocycles. The summed E-state index contributed by atoms with van der Waals surface area (Å²) in [7, 11) is 0. The smallest absolute Gasteiger partial charge is 0.338 e. The van der Waals surface area contributed by atoms with Gasteiger partial charge in [0.05, 0.1) is 35.7 Å². The lowest BCUT2D eigenvalue weighted by atomic mass is 9.31. The van der Waals surface area contributed by atoms with E-state index in [0.717, 1.165) is 0 Å². The molecule has 4 saturated carbocycles. The van der Waals surface area contributed by atoms with Crippen LogP contribution in [0.15, 0.2) is 41.5 Å². The molecule has 1 heterocycles. The molecule has 1 aliphatic heterocycles. The number of Topliss-reactive ketones (excluding diaryl/α,β-unsaturated/α-hetero) is 1. The molecule has 1 aromatic rings. The molecule has 1 aromatic carbocycles. The van der Waals surface area contributed by atoms with Crippen LogP contribution in [-0.2, 0) is 23.8 Å². The molecule has 210 valence electrons. The van der Waals surface area contributed by atoms with Crippen molar-refractivity contribution in [3.63, 3.8) is 0 Å². The Balaban J connectivity index is 1.66. The molecule has 7 rings (SSSR count). The number of aliphatic hydroxyl groups is 4. The Kier molecular flexibility index (Phi) is 5.44. The van der Waals surface area contributed by atoms with E-state index in [0.29, 0.717) is 5.57 Å². The number of fused-ring (bicyclic) bond motifs is 2. The third kappa shape index (κ3) is 2.91. The van der Waals surface area contributed by atoms with E-state index in [1.54, 1.807) is 44.2 Å². The maximum Gasteiger partial charge on any atom is 0.338 e. The van der Waals surface area contributed by atoms with E-state index in [9.17, 15) is 34.8 Å². The molecular formula is C29H34O10. The van der Waals surface area contributed by atoms with Gasteiger partial charge in [0.15, 0.2) is 17.0 Å². The van der Waals surface area contributed by atoms with Crippen LogP contribution in [0.25, 0.3) is 0 Å². The van der Waals surface area contributed by atoms with E-state index in [2.05, 4.69) is 0 Å². The molecule has 10 atom stereocenters. The van der Waals surface area contributed by atoms with Crippen molar-refractivity contribution in [2.75, 3.05) is 6.61 Å². The summed E-state index contributed by atoms with van der Waals surface area (Å²) in [4.78, 5) is 40.5. The number of ether oxygens (including phenoxy) is 3. The van der Waals surface area contributed by atoms with Crippen LogP contribution < -0.4 is 0 Å². The minimum Gasteiger partial charge on any atom is -0.453 e. The van der Waals surface area contributed by atoms with Crippen molar-refractivity contribution in [1.82, 2.24) is 0 Å². The minimum atomic E-state index is -1.99. The summed E-state index contributed by atoms with van der Waals surface area (Å²) < 4.78 is 18.0. The molecule has 0 spiro atoms. The number of carbonyl (C=O) groups excluding carboxylic acids is 3. The van der Waals surface area contributed by atoms with Crippen LogP contribution in [0.2, 0.25) is 0 Å². The van der Waals surface area contributed by atoms with Gasteiger partial charge < -0.3 is 34.6 Å². The van der Waals surface area contributed by atoms with Crippen molar-refractivity contribution in [1.29, 1.82) is 0 Å². The van der Waals surface area contributed by atoms with E-state index in [4.69, 9.17) is 14.2 Å². The number of aliphatic hydroxyl groups excluding tert-OH is 3. The number of benzene rings is 1. The molecule has 5 aliphatic carbocycles. The van der Waals surface area contributed by atoms with Crippen molar-refractivity contribution >= 4 is 17.7 Å². The second-order valence-corrected chi connectivity index (χ2v) is 12.4. The fourth-order valence-corrected chi connectivity index (χ4v) is 8.86. The van der Waals surface area contributed by atoms with Gasteiger partial charge in [-0.05, 0) is 37.1 Å². The fourth-order valence-electron chi connectivity index (χ4n) is 8.86. The second kappa shape index (κ2) is 7.98.